The highest BCUT2D eigenvalue weighted by atomic mass is 35.5. The summed E-state index contributed by atoms with van der Waals surface area (Å²) < 4.78 is 5.11. The zero-order valence-electron chi connectivity index (χ0n) is 12.6. The SMILES string of the molecule is COCCN1CCCC1CNC(=O)c1csc(CN)n1.Cl.Cl. The van der Waals surface area contributed by atoms with E-state index in [0.29, 0.717) is 24.8 Å². The molecule has 1 atom stereocenters. The van der Waals surface area contributed by atoms with E-state index < -0.39 is 0 Å². The molecule has 1 aliphatic rings. The van der Waals surface area contributed by atoms with E-state index in [4.69, 9.17) is 10.5 Å². The van der Waals surface area contributed by atoms with E-state index >= 15 is 0 Å². The topological polar surface area (TPSA) is 80.5 Å². The maximum Gasteiger partial charge on any atom is 0.270 e. The molecule has 0 saturated carbocycles. The number of halogens is 2. The number of aromatic nitrogens is 1. The van der Waals surface area contributed by atoms with Crippen molar-refractivity contribution in [3.63, 3.8) is 0 Å². The molecule has 9 heteroatoms. The fourth-order valence-corrected chi connectivity index (χ4v) is 3.09. The number of carbonyl (C=O) groups is 1. The average molecular weight is 371 g/mol. The third-order valence-electron chi connectivity index (χ3n) is 3.54. The van der Waals surface area contributed by atoms with Gasteiger partial charge in [0.05, 0.1) is 6.61 Å². The van der Waals surface area contributed by atoms with Gasteiger partial charge in [-0.15, -0.1) is 36.2 Å². The summed E-state index contributed by atoms with van der Waals surface area (Å²) >= 11 is 1.42. The number of methoxy groups -OCH3 is 1. The summed E-state index contributed by atoms with van der Waals surface area (Å²) in [7, 11) is 1.71. The van der Waals surface area contributed by atoms with Crippen LogP contribution in [0.25, 0.3) is 0 Å². The number of amides is 1. The minimum Gasteiger partial charge on any atom is -0.383 e. The molecule has 1 saturated heterocycles. The predicted octanol–water partition coefficient (Wildman–Crippen LogP) is 1.29. The van der Waals surface area contributed by atoms with E-state index in [1.165, 1.54) is 17.8 Å². The summed E-state index contributed by atoms with van der Waals surface area (Å²) in [4.78, 5) is 18.6. The lowest BCUT2D eigenvalue weighted by Gasteiger charge is -2.24. The number of thiazole rings is 1. The standard InChI is InChI=1S/C13H22N4O2S.2ClH/c1-19-6-5-17-4-2-3-10(17)8-15-13(18)11-9-20-12(7-14)16-11;;/h9-10H,2-8,14H2,1H3,(H,15,18);2*1H. The molecule has 2 rings (SSSR count). The molecule has 1 amide bonds. The minimum absolute atomic E-state index is 0. The summed E-state index contributed by atoms with van der Waals surface area (Å²) in [6.45, 7) is 3.78. The van der Waals surface area contributed by atoms with Gasteiger partial charge in [-0.2, -0.15) is 0 Å². The second-order valence-corrected chi connectivity index (χ2v) is 5.81. The summed E-state index contributed by atoms with van der Waals surface area (Å²) in [5.74, 6) is -0.112. The highest BCUT2D eigenvalue weighted by Gasteiger charge is 2.24. The number of nitrogens with two attached hydrogens (primary N) is 1. The van der Waals surface area contributed by atoms with Gasteiger partial charge in [-0.3, -0.25) is 9.69 Å². The molecule has 0 spiro atoms. The monoisotopic (exact) mass is 370 g/mol. The molecule has 3 N–H and O–H groups in total. The third-order valence-corrected chi connectivity index (χ3v) is 4.41. The number of nitrogens with zero attached hydrogens (tertiary/aromatic N) is 2. The quantitative estimate of drug-likeness (QED) is 0.755. The van der Waals surface area contributed by atoms with Crippen LogP contribution < -0.4 is 11.1 Å². The zero-order chi connectivity index (χ0) is 14.4. The van der Waals surface area contributed by atoms with Crippen molar-refractivity contribution in [2.75, 3.05) is 33.4 Å². The van der Waals surface area contributed by atoms with E-state index in [1.54, 1.807) is 12.5 Å². The van der Waals surface area contributed by atoms with Crippen LogP contribution in [-0.4, -0.2) is 55.2 Å². The first-order chi connectivity index (χ1) is 9.74. The molecular weight excluding hydrogens is 347 g/mol. The number of hydrogen-bond donors (Lipinski definition) is 2. The third kappa shape index (κ3) is 5.98. The number of likely N-dealkylation sites (tertiary alicyclic amines) is 1. The minimum atomic E-state index is -0.112. The van der Waals surface area contributed by atoms with Crippen molar-refractivity contribution in [3.8, 4) is 0 Å². The first-order valence-corrected chi connectivity index (χ1v) is 7.78. The molecule has 0 aliphatic carbocycles. The maximum atomic E-state index is 12.0. The maximum absolute atomic E-state index is 12.0. The molecular formula is C13H24Cl2N4O2S. The number of rotatable bonds is 7. The van der Waals surface area contributed by atoms with Crippen LogP contribution in [0, 0.1) is 0 Å². The van der Waals surface area contributed by atoms with Gasteiger partial charge in [0.2, 0.25) is 0 Å². The van der Waals surface area contributed by atoms with Crippen LogP contribution in [0.5, 0.6) is 0 Å². The molecule has 22 heavy (non-hydrogen) atoms. The molecule has 1 aromatic heterocycles. The summed E-state index contributed by atoms with van der Waals surface area (Å²) in [5, 5.41) is 5.52. The number of ether oxygens (including phenoxy) is 1. The van der Waals surface area contributed by atoms with Crippen LogP contribution in [-0.2, 0) is 11.3 Å². The lowest BCUT2D eigenvalue weighted by Crippen LogP contribution is -2.41. The van der Waals surface area contributed by atoms with Crippen molar-refractivity contribution in [1.29, 1.82) is 0 Å². The Balaban J connectivity index is 0.00000220. The van der Waals surface area contributed by atoms with Gasteiger partial charge < -0.3 is 15.8 Å². The number of hydrogen-bond acceptors (Lipinski definition) is 6. The van der Waals surface area contributed by atoms with Gasteiger partial charge in [0.15, 0.2) is 0 Å². The van der Waals surface area contributed by atoms with Crippen LogP contribution in [0.3, 0.4) is 0 Å². The van der Waals surface area contributed by atoms with E-state index in [-0.39, 0.29) is 30.7 Å². The Labute approximate surface area is 147 Å². The normalized spacial score (nSPS) is 17.6. The lowest BCUT2D eigenvalue weighted by atomic mass is 10.2. The van der Waals surface area contributed by atoms with Crippen molar-refractivity contribution in [1.82, 2.24) is 15.2 Å². The van der Waals surface area contributed by atoms with Gasteiger partial charge >= 0.3 is 0 Å². The van der Waals surface area contributed by atoms with Crippen molar-refractivity contribution >= 4 is 42.1 Å². The summed E-state index contributed by atoms with van der Waals surface area (Å²) in [6, 6.07) is 0.404. The zero-order valence-corrected chi connectivity index (χ0v) is 15.1. The van der Waals surface area contributed by atoms with E-state index in [1.807, 2.05) is 0 Å². The van der Waals surface area contributed by atoms with Crippen molar-refractivity contribution in [3.05, 3.63) is 16.1 Å². The number of carbonyl (C=O) groups excluding carboxylic acids is 1. The van der Waals surface area contributed by atoms with Crippen LogP contribution in [0.15, 0.2) is 5.38 Å². The van der Waals surface area contributed by atoms with Crippen molar-refractivity contribution < 1.29 is 9.53 Å². The van der Waals surface area contributed by atoms with Crippen LogP contribution in [0.2, 0.25) is 0 Å². The first-order valence-electron chi connectivity index (χ1n) is 6.90. The van der Waals surface area contributed by atoms with Gasteiger partial charge in [-0.25, -0.2) is 4.98 Å². The lowest BCUT2D eigenvalue weighted by molar-refractivity contribution is 0.0928. The molecule has 0 radical (unpaired) electrons. The fraction of sp³-hybridized carbons (Fsp3) is 0.692. The van der Waals surface area contributed by atoms with E-state index in [2.05, 4.69) is 15.2 Å². The number of nitrogens with one attached hydrogen (secondary N) is 1. The van der Waals surface area contributed by atoms with E-state index in [9.17, 15) is 4.79 Å². The second-order valence-electron chi connectivity index (χ2n) is 4.87. The van der Waals surface area contributed by atoms with Crippen LogP contribution >= 0.6 is 36.2 Å². The highest BCUT2D eigenvalue weighted by molar-refractivity contribution is 7.09. The average Bonchev–Trinajstić information content (AvgIpc) is 3.11. The van der Waals surface area contributed by atoms with Crippen LogP contribution in [0.1, 0.15) is 28.3 Å². The Morgan fingerprint density at radius 2 is 2.36 bits per heavy atom. The molecule has 1 aromatic rings. The van der Waals surface area contributed by atoms with Gasteiger partial charge in [-0.05, 0) is 19.4 Å². The Hall–Kier alpha value is -0.440. The Morgan fingerprint density at radius 1 is 1.59 bits per heavy atom. The summed E-state index contributed by atoms with van der Waals surface area (Å²) in [6.07, 6.45) is 2.30. The molecule has 1 aliphatic heterocycles. The molecule has 1 unspecified atom stereocenters. The Morgan fingerprint density at radius 3 is 3.00 bits per heavy atom. The smallest absolute Gasteiger partial charge is 0.270 e. The largest absolute Gasteiger partial charge is 0.383 e. The van der Waals surface area contributed by atoms with Gasteiger partial charge in [0.1, 0.15) is 10.7 Å². The van der Waals surface area contributed by atoms with Crippen molar-refractivity contribution in [2.45, 2.75) is 25.4 Å². The molecule has 6 nitrogen and oxygen atoms in total. The van der Waals surface area contributed by atoms with Gasteiger partial charge in [-0.1, -0.05) is 0 Å². The predicted molar refractivity (Wildman–Crippen MR) is 93.3 cm³/mol. The Bertz CT molecular complexity index is 447. The Kier molecular flexibility index (Phi) is 10.9. The molecule has 0 aromatic carbocycles. The van der Waals surface area contributed by atoms with E-state index in [0.717, 1.165) is 31.1 Å². The van der Waals surface area contributed by atoms with Crippen molar-refractivity contribution in [2.24, 2.45) is 5.73 Å². The first kappa shape index (κ1) is 21.6. The fourth-order valence-electron chi connectivity index (χ4n) is 2.44. The second kappa shape index (κ2) is 11.2. The molecule has 1 fully saturated rings. The van der Waals surface area contributed by atoms with Crippen LogP contribution in [0.4, 0.5) is 0 Å². The summed E-state index contributed by atoms with van der Waals surface area (Å²) in [5.41, 5.74) is 5.97. The highest BCUT2D eigenvalue weighted by Crippen LogP contribution is 2.16. The van der Waals surface area contributed by atoms with Gasteiger partial charge in [0, 0.05) is 38.2 Å². The molecule has 2 heterocycles. The molecule has 128 valence electrons. The van der Waals surface area contributed by atoms with Gasteiger partial charge in [0.25, 0.3) is 5.91 Å². The molecule has 0 bridgehead atoms.